The molecule has 27 heavy (non-hydrogen) atoms. The van der Waals surface area contributed by atoms with Gasteiger partial charge in [-0.1, -0.05) is 44.7 Å². The van der Waals surface area contributed by atoms with Crippen LogP contribution in [0.25, 0.3) is 10.2 Å². The molecule has 144 valence electrons. The quantitative estimate of drug-likeness (QED) is 0.519. The topological polar surface area (TPSA) is 89.9 Å². The molecule has 0 radical (unpaired) electrons. The van der Waals surface area contributed by atoms with Gasteiger partial charge in [-0.2, -0.15) is 0 Å². The highest BCUT2D eigenvalue weighted by Gasteiger charge is 2.25. The van der Waals surface area contributed by atoms with Crippen LogP contribution in [0.5, 0.6) is 0 Å². The average Bonchev–Trinajstić information content (AvgIpc) is 3.21. The van der Waals surface area contributed by atoms with Crippen LogP contribution in [0.4, 0.5) is 0 Å². The summed E-state index contributed by atoms with van der Waals surface area (Å²) in [6.45, 7) is 8.05. The second-order valence-corrected chi connectivity index (χ2v) is 9.42. The van der Waals surface area contributed by atoms with Crippen molar-refractivity contribution in [1.82, 2.24) is 24.8 Å². The zero-order valence-electron chi connectivity index (χ0n) is 16.1. The van der Waals surface area contributed by atoms with Gasteiger partial charge in [-0.15, -0.1) is 21.5 Å². The number of amides is 1. The number of benzene rings is 1. The minimum absolute atomic E-state index is 0.00735. The monoisotopic (exact) mass is 404 g/mol. The van der Waals surface area contributed by atoms with Crippen LogP contribution < -0.4 is 5.84 Å². The van der Waals surface area contributed by atoms with Crippen molar-refractivity contribution in [1.29, 1.82) is 0 Å². The van der Waals surface area contributed by atoms with E-state index < -0.39 is 0 Å². The summed E-state index contributed by atoms with van der Waals surface area (Å²) >= 11 is 2.91. The maximum atomic E-state index is 12.6. The van der Waals surface area contributed by atoms with Gasteiger partial charge in [-0.05, 0) is 19.1 Å². The maximum Gasteiger partial charge on any atom is 0.233 e. The molecule has 0 spiro atoms. The smallest absolute Gasteiger partial charge is 0.233 e. The molecule has 0 aliphatic carbocycles. The van der Waals surface area contributed by atoms with Crippen LogP contribution in [0.3, 0.4) is 0 Å². The molecule has 0 aliphatic rings. The molecule has 0 saturated heterocycles. The highest BCUT2D eigenvalue weighted by molar-refractivity contribution is 7.99. The fourth-order valence-corrected chi connectivity index (χ4v) is 4.41. The number of carbonyl (C=O) groups is 1. The van der Waals surface area contributed by atoms with E-state index in [0.29, 0.717) is 11.0 Å². The lowest BCUT2D eigenvalue weighted by atomic mass is 9.96. The van der Waals surface area contributed by atoms with E-state index >= 15 is 0 Å². The Kier molecular flexibility index (Phi) is 5.43. The van der Waals surface area contributed by atoms with E-state index in [2.05, 4.69) is 15.2 Å². The van der Waals surface area contributed by atoms with Crippen molar-refractivity contribution in [2.75, 3.05) is 18.6 Å². The third-order valence-electron chi connectivity index (χ3n) is 4.30. The molecular weight excluding hydrogens is 380 g/mol. The Labute approximate surface area is 166 Å². The van der Waals surface area contributed by atoms with E-state index in [4.69, 9.17) is 5.84 Å². The molecule has 3 aromatic rings. The van der Waals surface area contributed by atoms with Gasteiger partial charge in [-0.25, -0.2) is 9.66 Å². The van der Waals surface area contributed by atoms with Crippen molar-refractivity contribution in [2.45, 2.75) is 44.3 Å². The molecule has 0 saturated carbocycles. The number of nitrogens with zero attached hydrogens (tertiary/aromatic N) is 5. The normalized spacial score (nSPS) is 13.1. The highest BCUT2D eigenvalue weighted by atomic mass is 32.2. The van der Waals surface area contributed by atoms with Crippen molar-refractivity contribution >= 4 is 39.2 Å². The third-order valence-corrected chi connectivity index (χ3v) is 6.44. The first-order chi connectivity index (χ1) is 12.7. The molecule has 2 aromatic heterocycles. The van der Waals surface area contributed by atoms with E-state index in [-0.39, 0.29) is 23.1 Å². The van der Waals surface area contributed by atoms with Gasteiger partial charge in [0.25, 0.3) is 0 Å². The Bertz CT molecular complexity index is 925. The Balaban J connectivity index is 1.66. The number of hydrogen-bond acceptors (Lipinski definition) is 7. The largest absolute Gasteiger partial charge is 0.336 e. The molecule has 7 nitrogen and oxygen atoms in total. The van der Waals surface area contributed by atoms with Crippen molar-refractivity contribution in [3.05, 3.63) is 35.1 Å². The third kappa shape index (κ3) is 4.08. The molecule has 0 aliphatic heterocycles. The minimum Gasteiger partial charge on any atom is -0.336 e. The van der Waals surface area contributed by atoms with Crippen molar-refractivity contribution in [3.8, 4) is 0 Å². The number of fused-ring (bicyclic) bond motifs is 1. The minimum atomic E-state index is -0.206. The second kappa shape index (κ2) is 7.47. The summed E-state index contributed by atoms with van der Waals surface area (Å²) in [5.41, 5.74) is 0.758. The van der Waals surface area contributed by atoms with E-state index in [1.165, 1.54) is 16.4 Å². The molecule has 1 amide bonds. The maximum absolute atomic E-state index is 12.6. The first-order valence-corrected chi connectivity index (χ1v) is 10.4. The van der Waals surface area contributed by atoms with Crippen molar-refractivity contribution < 1.29 is 4.79 Å². The Hall–Kier alpha value is -2.13. The molecule has 0 unspecified atom stereocenters. The lowest BCUT2D eigenvalue weighted by Gasteiger charge is -2.23. The summed E-state index contributed by atoms with van der Waals surface area (Å²) in [6, 6.07) is 7.89. The van der Waals surface area contributed by atoms with Crippen molar-refractivity contribution in [2.24, 2.45) is 0 Å². The van der Waals surface area contributed by atoms with E-state index in [1.54, 1.807) is 23.3 Å². The number of nitrogens with two attached hydrogens (primary N) is 1. The first-order valence-electron chi connectivity index (χ1n) is 8.63. The van der Waals surface area contributed by atoms with Crippen LogP contribution in [0.2, 0.25) is 0 Å². The predicted octanol–water partition coefficient (Wildman–Crippen LogP) is 3.21. The predicted molar refractivity (Wildman–Crippen MR) is 110 cm³/mol. The Morgan fingerprint density at radius 1 is 1.33 bits per heavy atom. The molecule has 2 heterocycles. The number of aromatic nitrogens is 4. The number of para-hydroxylation sites is 1. The summed E-state index contributed by atoms with van der Waals surface area (Å²) in [7, 11) is 1.80. The van der Waals surface area contributed by atoms with Gasteiger partial charge in [0, 0.05) is 12.5 Å². The van der Waals surface area contributed by atoms with Gasteiger partial charge < -0.3 is 10.7 Å². The molecule has 1 atom stereocenters. The van der Waals surface area contributed by atoms with Gasteiger partial charge in [0.05, 0.1) is 22.0 Å². The summed E-state index contributed by atoms with van der Waals surface area (Å²) in [6.07, 6.45) is 0. The number of rotatable bonds is 5. The van der Waals surface area contributed by atoms with Crippen molar-refractivity contribution in [3.63, 3.8) is 0 Å². The summed E-state index contributed by atoms with van der Waals surface area (Å²) in [4.78, 5) is 19.0. The number of nitrogen functional groups attached to an aromatic ring is 1. The zero-order chi connectivity index (χ0) is 19.8. The molecule has 0 bridgehead atoms. The van der Waals surface area contributed by atoms with Crippen LogP contribution in [-0.2, 0) is 10.2 Å². The molecule has 0 fully saturated rings. The molecule has 2 N–H and O–H groups in total. The van der Waals surface area contributed by atoms with Gasteiger partial charge in [0.1, 0.15) is 5.01 Å². The van der Waals surface area contributed by atoms with E-state index in [9.17, 15) is 4.79 Å². The van der Waals surface area contributed by atoms with Gasteiger partial charge in [-0.3, -0.25) is 4.79 Å². The number of thioether (sulfide) groups is 1. The zero-order valence-corrected chi connectivity index (χ0v) is 17.8. The first kappa shape index (κ1) is 19.6. The van der Waals surface area contributed by atoms with Gasteiger partial charge in [0.15, 0.2) is 5.82 Å². The Morgan fingerprint density at radius 3 is 2.67 bits per heavy atom. The second-order valence-electron chi connectivity index (χ2n) is 7.42. The SMILES string of the molecule is C[C@@H](c1nc2ccccc2s1)N(C)C(=O)CSc1nnc(C(C)(C)C)n1N. The lowest BCUT2D eigenvalue weighted by Crippen LogP contribution is -2.31. The fraction of sp³-hybridized carbons (Fsp3) is 0.444. The standard InChI is InChI=1S/C18H24N6OS2/c1-11(15-20-12-8-6-7-9-13(12)27-15)23(5)14(25)10-26-17-22-21-16(24(17)19)18(2,3)4/h6-9,11H,10,19H2,1-5H3/t11-/m0/s1. The van der Waals surface area contributed by atoms with Crippen LogP contribution in [0.15, 0.2) is 29.4 Å². The highest BCUT2D eigenvalue weighted by Crippen LogP contribution is 2.29. The van der Waals surface area contributed by atoms with Crippen LogP contribution in [0.1, 0.15) is 44.6 Å². The number of carbonyl (C=O) groups excluding carboxylic acids is 1. The molecule has 9 heteroatoms. The van der Waals surface area contributed by atoms with Gasteiger partial charge in [0.2, 0.25) is 11.1 Å². The molecule has 3 rings (SSSR count). The van der Waals surface area contributed by atoms with Crippen LogP contribution in [0, 0.1) is 0 Å². The summed E-state index contributed by atoms with van der Waals surface area (Å²) in [5.74, 6) is 7.01. The van der Waals surface area contributed by atoms with Crippen LogP contribution in [-0.4, -0.2) is 43.5 Å². The van der Waals surface area contributed by atoms with Gasteiger partial charge >= 0.3 is 0 Å². The Morgan fingerprint density at radius 2 is 2.04 bits per heavy atom. The average molecular weight is 405 g/mol. The summed E-state index contributed by atoms with van der Waals surface area (Å²) < 4.78 is 2.59. The number of thiazole rings is 1. The fourth-order valence-electron chi connectivity index (χ4n) is 2.57. The molecule has 1 aromatic carbocycles. The van der Waals surface area contributed by atoms with E-state index in [1.807, 2.05) is 52.0 Å². The van der Waals surface area contributed by atoms with E-state index in [0.717, 1.165) is 15.2 Å². The molecular formula is C18H24N6OS2. The summed E-state index contributed by atoms with van der Waals surface area (Å²) in [5, 5.41) is 9.73. The lowest BCUT2D eigenvalue weighted by molar-refractivity contribution is -0.128. The number of hydrogen-bond donors (Lipinski definition) is 1. The van der Waals surface area contributed by atoms with Crippen LogP contribution >= 0.6 is 23.1 Å².